The topological polar surface area (TPSA) is 127 Å². The number of carbonyl (C=O) groups excluding carboxylic acids is 2. The van der Waals surface area contributed by atoms with Crippen molar-refractivity contribution in [1.29, 1.82) is 0 Å². The number of aliphatic hydroxyl groups excluding tert-OH is 2. The van der Waals surface area contributed by atoms with Gasteiger partial charge in [0, 0.05) is 61.0 Å². The van der Waals surface area contributed by atoms with Crippen molar-refractivity contribution in [2.24, 2.45) is 34.5 Å². The number of ether oxygens (including phenoxy) is 1. The molecule has 2 aromatic rings. The molecule has 56 heavy (non-hydrogen) atoms. The first-order chi connectivity index (χ1) is 26.3. The van der Waals surface area contributed by atoms with E-state index in [0.29, 0.717) is 29.1 Å². The van der Waals surface area contributed by atoms with Gasteiger partial charge < -0.3 is 35.4 Å². The summed E-state index contributed by atoms with van der Waals surface area (Å²) in [6, 6.07) is 11.1. The smallest absolute Gasteiger partial charge is 0.251 e. The summed E-state index contributed by atoms with van der Waals surface area (Å²) in [6.45, 7) is 15.8. The number of benzene rings is 2. The molecule has 7 rings (SSSR count). The predicted octanol–water partition coefficient (Wildman–Crippen LogP) is 5.72. The number of aliphatic hydroxyl groups is 2. The van der Waals surface area contributed by atoms with Crippen LogP contribution in [0.2, 0.25) is 0 Å². The average Bonchev–Trinajstić information content (AvgIpc) is 3.85. The van der Waals surface area contributed by atoms with E-state index in [4.69, 9.17) is 9.57 Å². The number of nitrogens with zero attached hydrogens (tertiary/aromatic N) is 3. The van der Waals surface area contributed by atoms with Crippen LogP contribution in [0.5, 0.6) is 5.75 Å². The second-order valence-electron chi connectivity index (χ2n) is 19.7. The molecule has 0 radical (unpaired) electrons. The normalized spacial score (nSPS) is 28.4. The summed E-state index contributed by atoms with van der Waals surface area (Å²) in [6.07, 6.45) is 3.30. The minimum atomic E-state index is -0.892. The van der Waals surface area contributed by atoms with Gasteiger partial charge in [-0.25, -0.2) is 0 Å². The molecule has 11 heteroatoms. The van der Waals surface area contributed by atoms with Crippen LogP contribution in [-0.4, -0.2) is 110 Å². The van der Waals surface area contributed by atoms with Gasteiger partial charge in [0.2, 0.25) is 5.91 Å². The minimum absolute atomic E-state index is 0.0290. The Balaban J connectivity index is 1.32. The third kappa shape index (κ3) is 9.23. The summed E-state index contributed by atoms with van der Waals surface area (Å²) in [5.74, 6) is 1.22. The number of anilines is 1. The number of carbonyl (C=O) groups is 2. The van der Waals surface area contributed by atoms with Crippen LogP contribution in [0.4, 0.5) is 5.69 Å². The maximum absolute atomic E-state index is 14.4. The van der Waals surface area contributed by atoms with E-state index in [-0.39, 0.29) is 54.0 Å². The van der Waals surface area contributed by atoms with E-state index in [2.05, 4.69) is 63.1 Å². The lowest BCUT2D eigenvalue weighted by atomic mass is 9.45. The molecule has 0 unspecified atom stereocenters. The molecule has 4 saturated carbocycles. The molecule has 9 atom stereocenters. The molecule has 2 amide bonds. The van der Waals surface area contributed by atoms with Gasteiger partial charge in [0.05, 0.1) is 25.4 Å². The van der Waals surface area contributed by atoms with E-state index >= 15 is 0 Å². The first-order valence-corrected chi connectivity index (χ1v) is 20.9. The van der Waals surface area contributed by atoms with Gasteiger partial charge in [-0.1, -0.05) is 59.7 Å². The highest BCUT2D eigenvalue weighted by atomic mass is 16.7. The van der Waals surface area contributed by atoms with Gasteiger partial charge in [-0.05, 0) is 105 Å². The molecule has 1 saturated heterocycles. The SMILES string of the molecule is C[C@@H]1[C@@H](NC(=O)[C@@H]2[C@H]([C@H](C)O)[C@H](CO)ON2Cc2cccc(-c3cc(C(=O)N[C@H](CN(C)C)CC(C)(C)C)cc(N(C)C)c3)c2OC2CC2)C[C@H]2C[C@H]1C2(C)C. The molecular weight excluding hydrogens is 707 g/mol. The molecular formula is C45H69N5O6. The molecule has 1 aliphatic heterocycles. The Bertz CT molecular complexity index is 1720. The molecule has 5 fully saturated rings. The molecule has 4 N–H and O–H groups in total. The van der Waals surface area contributed by atoms with Crippen LogP contribution < -0.4 is 20.3 Å². The van der Waals surface area contributed by atoms with E-state index < -0.39 is 24.2 Å². The maximum atomic E-state index is 14.4. The lowest BCUT2D eigenvalue weighted by Gasteiger charge is -2.62. The highest BCUT2D eigenvalue weighted by molar-refractivity contribution is 5.97. The van der Waals surface area contributed by atoms with Gasteiger partial charge in [0.15, 0.2) is 0 Å². The van der Waals surface area contributed by atoms with E-state index in [1.807, 2.05) is 63.4 Å². The molecule has 0 aromatic heterocycles. The zero-order chi connectivity index (χ0) is 40.9. The van der Waals surface area contributed by atoms with E-state index in [0.717, 1.165) is 54.6 Å². The van der Waals surface area contributed by atoms with Crippen molar-refractivity contribution in [2.75, 3.05) is 46.2 Å². The summed E-state index contributed by atoms with van der Waals surface area (Å²) >= 11 is 0. The Morgan fingerprint density at radius 1 is 1.09 bits per heavy atom. The number of rotatable bonds is 15. The van der Waals surface area contributed by atoms with Crippen molar-refractivity contribution in [3.63, 3.8) is 0 Å². The Morgan fingerprint density at radius 2 is 1.80 bits per heavy atom. The van der Waals surface area contributed by atoms with Crippen molar-refractivity contribution < 1.29 is 29.4 Å². The van der Waals surface area contributed by atoms with Crippen LogP contribution in [0.1, 0.15) is 96.5 Å². The molecule has 11 nitrogen and oxygen atoms in total. The number of fused-ring (bicyclic) bond motifs is 2. The number of nitrogens with one attached hydrogen (secondary N) is 2. The highest BCUT2D eigenvalue weighted by Crippen LogP contribution is 2.61. The Hall–Kier alpha value is -3.22. The third-order valence-electron chi connectivity index (χ3n) is 13.1. The molecule has 4 aliphatic carbocycles. The second kappa shape index (κ2) is 16.6. The Labute approximate surface area is 335 Å². The molecule has 0 spiro atoms. The summed E-state index contributed by atoms with van der Waals surface area (Å²) in [4.78, 5) is 38.9. The van der Waals surface area contributed by atoms with Gasteiger partial charge in [-0.3, -0.25) is 14.4 Å². The van der Waals surface area contributed by atoms with Crippen molar-refractivity contribution in [3.8, 4) is 16.9 Å². The largest absolute Gasteiger partial charge is 0.489 e. The summed E-state index contributed by atoms with van der Waals surface area (Å²) in [5, 5.41) is 29.9. The molecule has 1 heterocycles. The number of para-hydroxylation sites is 1. The molecule has 2 bridgehead atoms. The molecule has 310 valence electrons. The zero-order valence-electron chi connectivity index (χ0n) is 35.8. The van der Waals surface area contributed by atoms with Gasteiger partial charge in [0.25, 0.3) is 5.91 Å². The second-order valence-corrected chi connectivity index (χ2v) is 19.7. The van der Waals surface area contributed by atoms with Gasteiger partial charge in [0.1, 0.15) is 17.9 Å². The Kier molecular flexibility index (Phi) is 12.5. The van der Waals surface area contributed by atoms with Crippen molar-refractivity contribution in [3.05, 3.63) is 47.5 Å². The highest BCUT2D eigenvalue weighted by Gasteiger charge is 2.57. The minimum Gasteiger partial charge on any atom is -0.489 e. The number of likely N-dealkylation sites (N-methyl/N-ethyl adjacent to an activating group) is 1. The summed E-state index contributed by atoms with van der Waals surface area (Å²) < 4.78 is 6.71. The van der Waals surface area contributed by atoms with Crippen molar-refractivity contribution in [2.45, 2.75) is 124 Å². The first kappa shape index (κ1) is 42.4. The number of hydrogen-bond acceptors (Lipinski definition) is 9. The van der Waals surface area contributed by atoms with E-state index in [1.165, 1.54) is 6.42 Å². The van der Waals surface area contributed by atoms with Gasteiger partial charge in [-0.15, -0.1) is 0 Å². The van der Waals surface area contributed by atoms with Crippen LogP contribution >= 0.6 is 0 Å². The monoisotopic (exact) mass is 776 g/mol. The van der Waals surface area contributed by atoms with Crippen LogP contribution in [-0.2, 0) is 16.2 Å². The fraction of sp³-hybridized carbons (Fsp3) is 0.689. The summed E-state index contributed by atoms with van der Waals surface area (Å²) in [5.41, 5.74) is 4.29. The predicted molar refractivity (Wildman–Crippen MR) is 221 cm³/mol. The van der Waals surface area contributed by atoms with Gasteiger partial charge >= 0.3 is 0 Å². The number of amides is 2. The average molecular weight is 776 g/mol. The number of hydrogen-bond donors (Lipinski definition) is 4. The summed E-state index contributed by atoms with van der Waals surface area (Å²) in [7, 11) is 7.99. The lowest BCUT2D eigenvalue weighted by Crippen LogP contribution is -2.62. The fourth-order valence-electron chi connectivity index (χ4n) is 9.85. The van der Waals surface area contributed by atoms with Crippen LogP contribution in [0.3, 0.4) is 0 Å². The van der Waals surface area contributed by atoms with Crippen LogP contribution in [0.25, 0.3) is 11.1 Å². The maximum Gasteiger partial charge on any atom is 0.251 e. The van der Waals surface area contributed by atoms with Crippen molar-refractivity contribution >= 4 is 17.5 Å². The zero-order valence-corrected chi connectivity index (χ0v) is 35.8. The molecule has 5 aliphatic rings. The van der Waals surface area contributed by atoms with E-state index in [1.54, 1.807) is 12.0 Å². The number of hydroxylamine groups is 2. The van der Waals surface area contributed by atoms with Crippen LogP contribution in [0, 0.1) is 34.5 Å². The Morgan fingerprint density at radius 3 is 2.38 bits per heavy atom. The lowest BCUT2D eigenvalue weighted by molar-refractivity contribution is -0.183. The fourth-order valence-corrected chi connectivity index (χ4v) is 9.85. The molecule has 2 aromatic carbocycles. The van der Waals surface area contributed by atoms with Crippen LogP contribution in [0.15, 0.2) is 36.4 Å². The van der Waals surface area contributed by atoms with E-state index in [9.17, 15) is 19.8 Å². The first-order valence-electron chi connectivity index (χ1n) is 20.9. The third-order valence-corrected chi connectivity index (χ3v) is 13.1. The van der Waals surface area contributed by atoms with Crippen molar-refractivity contribution in [1.82, 2.24) is 20.6 Å². The quantitative estimate of drug-likeness (QED) is 0.180. The van der Waals surface area contributed by atoms with Gasteiger partial charge in [-0.2, -0.15) is 5.06 Å². The standard InChI is InChI=1S/C45H69N5O6/c1-26-36-20-31(45(36,6)7)21-37(26)47-43(54)40-39(27(2)52)38(25-51)56-50(40)23-28-13-12-14-35(41(28)55-34-15-16-34)29-17-30(19-33(18-29)49(10)11)42(53)46-32(24-48(8)9)22-44(3,4)5/h12-14,17-19,26-27,31-32,34,36-40,51-52H,15-16,20-25H2,1-11H3,(H,46,53)(H,47,54)/t26-,27-,31+,32-,36+,37-,38-,39+,40-/m0/s1.